The molecule has 0 saturated heterocycles. The highest BCUT2D eigenvalue weighted by atomic mass is 79.9. The Labute approximate surface area is 145 Å². The van der Waals surface area contributed by atoms with Gasteiger partial charge in [0.05, 0.1) is 17.7 Å². The summed E-state index contributed by atoms with van der Waals surface area (Å²) in [6, 6.07) is 8.33. The zero-order valence-corrected chi connectivity index (χ0v) is 14.3. The van der Waals surface area contributed by atoms with Gasteiger partial charge >= 0.3 is 6.18 Å². The fourth-order valence-corrected chi connectivity index (χ4v) is 2.76. The minimum absolute atomic E-state index is 0.0943. The summed E-state index contributed by atoms with van der Waals surface area (Å²) in [5.74, 6) is 5.05. The number of carbonyl (C=O) groups is 1. The fraction of sp³-hybridized carbons (Fsp3) is 0.188. The Morgan fingerprint density at radius 2 is 1.83 bits per heavy atom. The maximum Gasteiger partial charge on any atom is 0.416 e. The summed E-state index contributed by atoms with van der Waals surface area (Å²) < 4.78 is 39.5. The maximum atomic E-state index is 13.0. The molecule has 0 fully saturated rings. The van der Waals surface area contributed by atoms with Crippen LogP contribution in [0.25, 0.3) is 0 Å². The zero-order valence-electron chi connectivity index (χ0n) is 12.7. The molecule has 0 saturated carbocycles. The SMILES string of the molecule is Cc1ccc(Br)c(C(=O)N(N)Cc2ccccc2C(F)(F)F)c1N. The number of benzene rings is 2. The summed E-state index contributed by atoms with van der Waals surface area (Å²) in [5.41, 5.74) is 6.01. The van der Waals surface area contributed by atoms with E-state index in [1.807, 2.05) is 0 Å². The van der Waals surface area contributed by atoms with Gasteiger partial charge in [0.2, 0.25) is 0 Å². The predicted molar refractivity (Wildman–Crippen MR) is 88.8 cm³/mol. The molecule has 0 aliphatic carbocycles. The second-order valence-electron chi connectivity index (χ2n) is 5.24. The maximum absolute atomic E-state index is 13.0. The molecule has 0 atom stereocenters. The molecule has 1 amide bonds. The van der Waals surface area contributed by atoms with Gasteiger partial charge in [-0.1, -0.05) is 24.3 Å². The van der Waals surface area contributed by atoms with Crippen molar-refractivity contribution in [1.82, 2.24) is 5.01 Å². The van der Waals surface area contributed by atoms with Gasteiger partial charge in [-0.2, -0.15) is 13.2 Å². The Morgan fingerprint density at radius 1 is 1.21 bits per heavy atom. The van der Waals surface area contributed by atoms with E-state index in [0.717, 1.165) is 11.1 Å². The standard InChI is InChI=1S/C16H15BrF3N3O/c1-9-6-7-12(17)13(14(9)21)15(24)23(22)8-10-4-2-3-5-11(10)16(18,19)20/h2-7H,8,21-22H2,1H3. The normalized spacial score (nSPS) is 11.4. The molecule has 128 valence electrons. The van der Waals surface area contributed by atoms with Crippen LogP contribution >= 0.6 is 15.9 Å². The van der Waals surface area contributed by atoms with E-state index in [0.29, 0.717) is 10.0 Å². The number of amides is 1. The number of alkyl halides is 3. The van der Waals surface area contributed by atoms with Gasteiger partial charge < -0.3 is 5.73 Å². The average molecular weight is 402 g/mol. The van der Waals surface area contributed by atoms with E-state index < -0.39 is 24.2 Å². The summed E-state index contributed by atoms with van der Waals surface area (Å²) >= 11 is 3.22. The number of hydrogen-bond donors (Lipinski definition) is 2. The molecule has 24 heavy (non-hydrogen) atoms. The Morgan fingerprint density at radius 3 is 2.46 bits per heavy atom. The van der Waals surface area contributed by atoms with Crippen molar-refractivity contribution in [3.63, 3.8) is 0 Å². The molecule has 0 unspecified atom stereocenters. The Balaban J connectivity index is 2.34. The number of rotatable bonds is 3. The van der Waals surface area contributed by atoms with Gasteiger partial charge in [-0.25, -0.2) is 5.84 Å². The molecular weight excluding hydrogens is 387 g/mol. The quantitative estimate of drug-likeness (QED) is 0.354. The van der Waals surface area contributed by atoms with Gasteiger partial charge in [0.25, 0.3) is 5.91 Å². The van der Waals surface area contributed by atoms with E-state index in [4.69, 9.17) is 11.6 Å². The van der Waals surface area contributed by atoms with Gasteiger partial charge in [0, 0.05) is 10.2 Å². The van der Waals surface area contributed by atoms with Crippen LogP contribution < -0.4 is 11.6 Å². The average Bonchev–Trinajstić information content (AvgIpc) is 2.50. The van der Waals surface area contributed by atoms with Crippen LogP contribution in [0.3, 0.4) is 0 Å². The largest absolute Gasteiger partial charge is 0.416 e. The topological polar surface area (TPSA) is 72.3 Å². The molecular formula is C16H15BrF3N3O. The van der Waals surface area contributed by atoms with Gasteiger partial charge in [-0.15, -0.1) is 0 Å². The van der Waals surface area contributed by atoms with Crippen molar-refractivity contribution in [3.8, 4) is 0 Å². The molecule has 0 aromatic heterocycles. The lowest BCUT2D eigenvalue weighted by Crippen LogP contribution is -2.38. The molecule has 2 aromatic carbocycles. The summed E-state index contributed by atoms with van der Waals surface area (Å²) in [5, 5.41) is 0.723. The van der Waals surface area contributed by atoms with Crippen molar-refractivity contribution in [3.05, 3.63) is 63.1 Å². The molecule has 0 radical (unpaired) electrons. The third kappa shape index (κ3) is 3.70. The van der Waals surface area contributed by atoms with Gasteiger partial charge in [0.1, 0.15) is 0 Å². The first kappa shape index (κ1) is 18.3. The molecule has 0 heterocycles. The Bertz CT molecular complexity index is 778. The number of nitrogens with zero attached hydrogens (tertiary/aromatic N) is 1. The summed E-state index contributed by atoms with van der Waals surface area (Å²) in [6.45, 7) is 1.33. The van der Waals surface area contributed by atoms with E-state index in [-0.39, 0.29) is 16.8 Å². The smallest absolute Gasteiger partial charge is 0.398 e. The molecule has 2 rings (SSSR count). The van der Waals surface area contributed by atoms with Crippen LogP contribution in [0.4, 0.5) is 18.9 Å². The number of nitrogen functional groups attached to an aromatic ring is 1. The monoisotopic (exact) mass is 401 g/mol. The van der Waals surface area contributed by atoms with Crippen LogP contribution in [0.1, 0.15) is 27.0 Å². The molecule has 0 bridgehead atoms. The molecule has 0 aliphatic rings. The summed E-state index contributed by atoms with van der Waals surface area (Å²) in [6.07, 6.45) is -4.52. The second kappa shape index (κ2) is 6.82. The van der Waals surface area contributed by atoms with Crippen LogP contribution in [0, 0.1) is 6.92 Å². The lowest BCUT2D eigenvalue weighted by atomic mass is 10.1. The van der Waals surface area contributed by atoms with Crippen molar-refractivity contribution < 1.29 is 18.0 Å². The van der Waals surface area contributed by atoms with Crippen LogP contribution in [-0.4, -0.2) is 10.9 Å². The number of anilines is 1. The molecule has 4 N–H and O–H groups in total. The molecule has 0 spiro atoms. The van der Waals surface area contributed by atoms with E-state index in [2.05, 4.69) is 15.9 Å². The van der Waals surface area contributed by atoms with Crippen LogP contribution in [0.2, 0.25) is 0 Å². The number of aryl methyl sites for hydroxylation is 1. The summed E-state index contributed by atoms with van der Waals surface area (Å²) in [7, 11) is 0. The fourth-order valence-electron chi connectivity index (χ4n) is 2.25. The van der Waals surface area contributed by atoms with Crippen molar-refractivity contribution >= 4 is 27.5 Å². The molecule has 4 nitrogen and oxygen atoms in total. The van der Waals surface area contributed by atoms with E-state index in [1.165, 1.54) is 18.2 Å². The lowest BCUT2D eigenvalue weighted by molar-refractivity contribution is -0.138. The van der Waals surface area contributed by atoms with Crippen molar-refractivity contribution in [2.75, 3.05) is 5.73 Å². The van der Waals surface area contributed by atoms with E-state index in [9.17, 15) is 18.0 Å². The number of carbonyl (C=O) groups excluding carboxylic acids is 1. The first-order valence-electron chi connectivity index (χ1n) is 6.89. The third-order valence-corrected chi connectivity index (χ3v) is 4.21. The van der Waals surface area contributed by atoms with Crippen LogP contribution in [0.5, 0.6) is 0 Å². The molecule has 8 heteroatoms. The highest BCUT2D eigenvalue weighted by Gasteiger charge is 2.33. The third-order valence-electron chi connectivity index (χ3n) is 3.55. The highest BCUT2D eigenvalue weighted by Crippen LogP contribution is 2.33. The number of halogens is 4. The Hall–Kier alpha value is -2.06. The highest BCUT2D eigenvalue weighted by molar-refractivity contribution is 9.10. The number of nitrogens with two attached hydrogens (primary N) is 2. The van der Waals surface area contributed by atoms with Gasteiger partial charge in [0.15, 0.2) is 0 Å². The molecule has 2 aromatic rings. The minimum atomic E-state index is -4.52. The first-order valence-corrected chi connectivity index (χ1v) is 7.68. The van der Waals surface area contributed by atoms with Crippen molar-refractivity contribution in [1.29, 1.82) is 0 Å². The van der Waals surface area contributed by atoms with Gasteiger partial charge in [-0.3, -0.25) is 9.80 Å². The minimum Gasteiger partial charge on any atom is -0.398 e. The Kier molecular flexibility index (Phi) is 5.19. The number of hydrogen-bond acceptors (Lipinski definition) is 3. The van der Waals surface area contributed by atoms with E-state index in [1.54, 1.807) is 19.1 Å². The second-order valence-corrected chi connectivity index (χ2v) is 6.10. The van der Waals surface area contributed by atoms with Gasteiger partial charge in [-0.05, 0) is 46.1 Å². The van der Waals surface area contributed by atoms with E-state index >= 15 is 0 Å². The summed E-state index contributed by atoms with van der Waals surface area (Å²) in [4.78, 5) is 12.5. The zero-order chi connectivity index (χ0) is 18.1. The first-order chi connectivity index (χ1) is 11.1. The molecule has 0 aliphatic heterocycles. The lowest BCUT2D eigenvalue weighted by Gasteiger charge is -2.21. The number of hydrazine groups is 1. The predicted octanol–water partition coefficient (Wildman–Crippen LogP) is 3.87. The van der Waals surface area contributed by atoms with Crippen molar-refractivity contribution in [2.45, 2.75) is 19.6 Å². The van der Waals surface area contributed by atoms with Crippen LogP contribution in [-0.2, 0) is 12.7 Å². The van der Waals surface area contributed by atoms with Crippen LogP contribution in [0.15, 0.2) is 40.9 Å². The van der Waals surface area contributed by atoms with Crippen molar-refractivity contribution in [2.24, 2.45) is 5.84 Å².